The Hall–Kier alpha value is -4.88. The van der Waals surface area contributed by atoms with E-state index in [1.54, 1.807) is 0 Å². The number of nitrogens with zero attached hydrogens (tertiary/aromatic N) is 1. The maximum Gasteiger partial charge on any atom is 0.0546 e. The Balaban J connectivity index is 1.46. The molecule has 0 aliphatic rings. The van der Waals surface area contributed by atoms with Crippen LogP contribution in [0.4, 0.5) is 0 Å². The Kier molecular flexibility index (Phi) is 5.19. The van der Waals surface area contributed by atoms with Gasteiger partial charge in [-0.2, -0.15) is 0 Å². The van der Waals surface area contributed by atoms with Crippen LogP contribution in [0.3, 0.4) is 0 Å². The van der Waals surface area contributed by atoms with Gasteiger partial charge in [-0.3, -0.25) is 0 Å². The summed E-state index contributed by atoms with van der Waals surface area (Å²) in [5.41, 5.74) is 10.9. The highest BCUT2D eigenvalue weighted by Gasteiger charge is 2.16. The van der Waals surface area contributed by atoms with Crippen molar-refractivity contribution in [3.8, 4) is 39.1 Å². The van der Waals surface area contributed by atoms with Crippen LogP contribution >= 0.6 is 0 Å². The van der Waals surface area contributed by atoms with E-state index in [0.717, 1.165) is 0 Å². The van der Waals surface area contributed by atoms with Crippen molar-refractivity contribution < 1.29 is 0 Å². The Labute approximate surface area is 216 Å². The molecule has 0 aliphatic carbocycles. The van der Waals surface area contributed by atoms with Gasteiger partial charge in [-0.05, 0) is 46.0 Å². The number of hydrogen-bond acceptors (Lipinski definition) is 0. The smallest absolute Gasteiger partial charge is 0.0546 e. The Morgan fingerprint density at radius 1 is 0.324 bits per heavy atom. The average Bonchev–Trinajstić information content (AvgIpc) is 3.32. The lowest BCUT2D eigenvalue weighted by atomic mass is 9.96. The van der Waals surface area contributed by atoms with Gasteiger partial charge < -0.3 is 4.57 Å². The normalized spacial score (nSPS) is 11.2. The molecule has 0 spiro atoms. The lowest BCUT2D eigenvalue weighted by Gasteiger charge is -2.16. The van der Waals surface area contributed by atoms with E-state index in [4.69, 9.17) is 0 Å². The Morgan fingerprint density at radius 2 is 0.757 bits per heavy atom. The van der Waals surface area contributed by atoms with Crippen LogP contribution in [0.25, 0.3) is 60.9 Å². The molecule has 1 nitrogen and oxygen atoms in total. The van der Waals surface area contributed by atoms with Gasteiger partial charge in [-0.25, -0.2) is 0 Å². The zero-order valence-corrected chi connectivity index (χ0v) is 20.4. The molecular weight excluding hydrogens is 446 g/mol. The molecule has 0 bridgehead atoms. The molecule has 0 saturated carbocycles. The average molecular weight is 472 g/mol. The predicted octanol–water partition coefficient (Wildman–Crippen LogP) is 9.78. The molecule has 37 heavy (non-hydrogen) atoms. The molecule has 6 aromatic carbocycles. The summed E-state index contributed by atoms with van der Waals surface area (Å²) in [6, 6.07) is 54.4. The van der Waals surface area contributed by atoms with E-state index < -0.39 is 0 Å². The summed E-state index contributed by atoms with van der Waals surface area (Å²) in [4.78, 5) is 0. The van der Waals surface area contributed by atoms with Crippen molar-refractivity contribution in [2.24, 2.45) is 0 Å². The van der Waals surface area contributed by atoms with Crippen molar-refractivity contribution >= 4 is 21.8 Å². The molecule has 1 heterocycles. The summed E-state index contributed by atoms with van der Waals surface area (Å²) < 4.78 is 2.43. The number of fused-ring (bicyclic) bond motifs is 3. The van der Waals surface area contributed by atoms with Crippen molar-refractivity contribution in [2.75, 3.05) is 0 Å². The van der Waals surface area contributed by atoms with Gasteiger partial charge >= 0.3 is 0 Å². The summed E-state index contributed by atoms with van der Waals surface area (Å²) in [7, 11) is 0. The van der Waals surface area contributed by atoms with Crippen LogP contribution in [0.5, 0.6) is 0 Å². The van der Waals surface area contributed by atoms with E-state index in [1.165, 1.54) is 60.9 Å². The van der Waals surface area contributed by atoms with Gasteiger partial charge in [-0.15, -0.1) is 0 Å². The van der Waals surface area contributed by atoms with Gasteiger partial charge in [0.05, 0.1) is 16.7 Å². The predicted molar refractivity (Wildman–Crippen MR) is 157 cm³/mol. The number of rotatable bonds is 4. The molecule has 7 rings (SSSR count). The molecule has 7 aromatic rings. The Morgan fingerprint density at radius 3 is 1.35 bits per heavy atom. The van der Waals surface area contributed by atoms with Crippen LogP contribution < -0.4 is 0 Å². The number of aromatic nitrogens is 1. The molecule has 174 valence electrons. The zero-order chi connectivity index (χ0) is 24.6. The molecule has 0 saturated heterocycles. The molecular formula is C36H25N. The van der Waals surface area contributed by atoms with E-state index in [2.05, 4.69) is 156 Å². The maximum absolute atomic E-state index is 2.43. The van der Waals surface area contributed by atoms with Crippen molar-refractivity contribution in [1.29, 1.82) is 0 Å². The number of para-hydroxylation sites is 2. The number of benzene rings is 6. The third-order valence-electron chi connectivity index (χ3n) is 7.23. The van der Waals surface area contributed by atoms with Gasteiger partial charge in [0.25, 0.3) is 0 Å². The molecule has 1 heteroatoms. The van der Waals surface area contributed by atoms with E-state index in [9.17, 15) is 0 Å². The molecule has 1 aromatic heterocycles. The minimum atomic E-state index is 1.19. The minimum absolute atomic E-state index is 1.19. The largest absolute Gasteiger partial charge is 0.309 e. The van der Waals surface area contributed by atoms with Gasteiger partial charge in [0.1, 0.15) is 0 Å². The van der Waals surface area contributed by atoms with Gasteiger partial charge in [0, 0.05) is 16.3 Å². The summed E-state index contributed by atoms with van der Waals surface area (Å²) in [6.45, 7) is 0. The molecule has 0 aliphatic heterocycles. The van der Waals surface area contributed by atoms with E-state index in [0.29, 0.717) is 0 Å². The van der Waals surface area contributed by atoms with Crippen LogP contribution in [-0.2, 0) is 0 Å². The standard InChI is InChI=1S/C36H25N/c1-3-11-26(12-4-1)27-19-21-28(22-20-27)30-23-24-31(29-13-5-2-6-14-29)36(25-30)37-34-17-9-7-15-32(34)33-16-8-10-18-35(33)37/h1-25H. The number of hydrogen-bond donors (Lipinski definition) is 0. The fourth-order valence-corrected chi connectivity index (χ4v) is 5.43. The Bertz CT molecular complexity index is 1790. The fourth-order valence-electron chi connectivity index (χ4n) is 5.43. The second kappa shape index (κ2) is 8.96. The summed E-state index contributed by atoms with van der Waals surface area (Å²) in [5, 5.41) is 2.55. The second-order valence-electron chi connectivity index (χ2n) is 9.41. The first-order valence-corrected chi connectivity index (χ1v) is 12.7. The van der Waals surface area contributed by atoms with Crippen LogP contribution in [0, 0.1) is 0 Å². The first kappa shape index (κ1) is 21.4. The maximum atomic E-state index is 2.43. The third kappa shape index (κ3) is 3.73. The summed E-state index contributed by atoms with van der Waals surface area (Å²) in [6.07, 6.45) is 0. The van der Waals surface area contributed by atoms with Gasteiger partial charge in [0.15, 0.2) is 0 Å². The first-order valence-electron chi connectivity index (χ1n) is 12.7. The topological polar surface area (TPSA) is 4.93 Å². The van der Waals surface area contributed by atoms with E-state index in [1.807, 2.05) is 0 Å². The highest BCUT2D eigenvalue weighted by atomic mass is 15.0. The van der Waals surface area contributed by atoms with Crippen LogP contribution in [-0.4, -0.2) is 4.57 Å². The molecule has 0 amide bonds. The van der Waals surface area contributed by atoms with Crippen LogP contribution in [0.15, 0.2) is 152 Å². The van der Waals surface area contributed by atoms with E-state index in [-0.39, 0.29) is 0 Å². The first-order chi connectivity index (χ1) is 18.4. The fraction of sp³-hybridized carbons (Fsp3) is 0. The van der Waals surface area contributed by atoms with Crippen molar-refractivity contribution in [2.45, 2.75) is 0 Å². The summed E-state index contributed by atoms with van der Waals surface area (Å²) >= 11 is 0. The lowest BCUT2D eigenvalue weighted by Crippen LogP contribution is -1.98. The molecule has 0 N–H and O–H groups in total. The lowest BCUT2D eigenvalue weighted by molar-refractivity contribution is 1.18. The highest BCUT2D eigenvalue weighted by molar-refractivity contribution is 6.09. The van der Waals surface area contributed by atoms with Crippen LogP contribution in [0.2, 0.25) is 0 Å². The van der Waals surface area contributed by atoms with Gasteiger partial charge in [0.2, 0.25) is 0 Å². The quantitative estimate of drug-likeness (QED) is 0.241. The molecule has 0 atom stereocenters. The monoisotopic (exact) mass is 471 g/mol. The highest BCUT2D eigenvalue weighted by Crippen LogP contribution is 2.38. The van der Waals surface area contributed by atoms with Gasteiger partial charge in [-0.1, -0.05) is 133 Å². The minimum Gasteiger partial charge on any atom is -0.309 e. The zero-order valence-electron chi connectivity index (χ0n) is 20.4. The molecule has 0 fully saturated rings. The van der Waals surface area contributed by atoms with E-state index >= 15 is 0 Å². The summed E-state index contributed by atoms with van der Waals surface area (Å²) in [5.74, 6) is 0. The SMILES string of the molecule is c1ccc(-c2ccc(-c3ccc(-c4ccccc4)c(-n4c5ccccc5c5ccccc54)c3)cc2)cc1. The van der Waals surface area contributed by atoms with Crippen molar-refractivity contribution in [3.05, 3.63) is 152 Å². The molecule has 0 unspecified atom stereocenters. The molecule has 0 radical (unpaired) electrons. The van der Waals surface area contributed by atoms with Crippen molar-refractivity contribution in [3.63, 3.8) is 0 Å². The van der Waals surface area contributed by atoms with Crippen molar-refractivity contribution in [1.82, 2.24) is 4.57 Å². The second-order valence-corrected chi connectivity index (χ2v) is 9.41. The van der Waals surface area contributed by atoms with Crippen LogP contribution in [0.1, 0.15) is 0 Å². The third-order valence-corrected chi connectivity index (χ3v) is 7.23.